The largest absolute Gasteiger partial charge is 0.415 e. The molecular formula is C20H20ClN3O5. The number of carbonyl (C=O) groups is 2. The van der Waals surface area contributed by atoms with Gasteiger partial charge in [0.1, 0.15) is 5.75 Å². The molecule has 0 spiro atoms. The monoisotopic (exact) mass is 417 g/mol. The third-order valence-corrected chi connectivity index (χ3v) is 5.09. The molecule has 1 aliphatic heterocycles. The number of nitrogens with one attached hydrogen (secondary N) is 1. The van der Waals surface area contributed by atoms with Gasteiger partial charge in [-0.05, 0) is 37.0 Å². The number of benzene rings is 2. The smallest absolute Gasteiger partial charge is 0.410 e. The molecule has 152 valence electrons. The van der Waals surface area contributed by atoms with E-state index in [4.69, 9.17) is 16.3 Å². The molecule has 3 rings (SSSR count). The average molecular weight is 418 g/mol. The number of nitro groups is 1. The van der Waals surface area contributed by atoms with Crippen LogP contribution in [0.4, 0.5) is 10.5 Å². The van der Waals surface area contributed by atoms with Gasteiger partial charge in [0, 0.05) is 31.8 Å². The number of non-ortho nitro benzene ring substituents is 1. The number of carbonyl (C=O) groups excluding carboxylic acids is 2. The SMILES string of the molecule is O=C(NCC1CCN(C(=O)Oc2ccccc2)CC1)c1ccc([N+](=O)[O-])cc1Cl. The molecule has 0 atom stereocenters. The molecule has 0 saturated carbocycles. The van der Waals surface area contributed by atoms with E-state index < -0.39 is 4.92 Å². The third kappa shape index (κ3) is 5.45. The fourth-order valence-corrected chi connectivity index (χ4v) is 3.37. The molecule has 0 aromatic heterocycles. The molecule has 0 aliphatic carbocycles. The van der Waals surface area contributed by atoms with Crippen molar-refractivity contribution in [3.05, 3.63) is 69.2 Å². The Bertz CT molecular complexity index is 898. The zero-order chi connectivity index (χ0) is 20.8. The minimum absolute atomic E-state index is 0.0372. The molecule has 9 heteroatoms. The Labute approximate surface area is 172 Å². The highest BCUT2D eigenvalue weighted by molar-refractivity contribution is 6.34. The number of hydrogen-bond acceptors (Lipinski definition) is 5. The van der Waals surface area contributed by atoms with Crippen LogP contribution in [0.15, 0.2) is 48.5 Å². The van der Waals surface area contributed by atoms with Crippen molar-refractivity contribution in [3.63, 3.8) is 0 Å². The number of para-hydroxylation sites is 1. The van der Waals surface area contributed by atoms with Crippen LogP contribution >= 0.6 is 11.6 Å². The summed E-state index contributed by atoms with van der Waals surface area (Å²) in [7, 11) is 0. The molecule has 2 amide bonds. The van der Waals surface area contributed by atoms with Gasteiger partial charge in [-0.1, -0.05) is 29.8 Å². The van der Waals surface area contributed by atoms with Crippen LogP contribution < -0.4 is 10.1 Å². The lowest BCUT2D eigenvalue weighted by Crippen LogP contribution is -2.42. The normalized spacial score (nSPS) is 14.3. The number of hydrogen-bond donors (Lipinski definition) is 1. The Morgan fingerprint density at radius 2 is 1.86 bits per heavy atom. The number of amides is 2. The molecule has 0 bridgehead atoms. The summed E-state index contributed by atoms with van der Waals surface area (Å²) < 4.78 is 5.34. The summed E-state index contributed by atoms with van der Waals surface area (Å²) in [6.45, 7) is 1.53. The first kappa shape index (κ1) is 20.6. The van der Waals surface area contributed by atoms with Crippen molar-refractivity contribution >= 4 is 29.3 Å². The maximum atomic E-state index is 12.3. The fraction of sp³-hybridized carbons (Fsp3) is 0.300. The van der Waals surface area contributed by atoms with Crippen LogP contribution in [-0.4, -0.2) is 41.5 Å². The number of nitrogens with zero attached hydrogens (tertiary/aromatic N) is 2. The first-order valence-electron chi connectivity index (χ1n) is 9.18. The Hall–Kier alpha value is -3.13. The highest BCUT2D eigenvalue weighted by Crippen LogP contribution is 2.23. The number of piperidine rings is 1. The molecule has 1 fully saturated rings. The highest BCUT2D eigenvalue weighted by atomic mass is 35.5. The molecule has 0 radical (unpaired) electrons. The van der Waals surface area contributed by atoms with Gasteiger partial charge in [0.05, 0.1) is 15.5 Å². The predicted molar refractivity (Wildman–Crippen MR) is 107 cm³/mol. The summed E-state index contributed by atoms with van der Waals surface area (Å²) >= 11 is 5.99. The van der Waals surface area contributed by atoms with Gasteiger partial charge in [-0.15, -0.1) is 0 Å². The third-order valence-electron chi connectivity index (χ3n) is 4.78. The molecule has 1 N–H and O–H groups in total. The van der Waals surface area contributed by atoms with Gasteiger partial charge in [-0.3, -0.25) is 14.9 Å². The molecule has 8 nitrogen and oxygen atoms in total. The van der Waals surface area contributed by atoms with Crippen LogP contribution in [0, 0.1) is 16.0 Å². The summed E-state index contributed by atoms with van der Waals surface area (Å²) in [4.78, 5) is 36.4. The van der Waals surface area contributed by atoms with Crippen molar-refractivity contribution in [2.75, 3.05) is 19.6 Å². The van der Waals surface area contributed by atoms with Crippen LogP contribution in [0.5, 0.6) is 5.75 Å². The topological polar surface area (TPSA) is 102 Å². The molecule has 0 unspecified atom stereocenters. The van der Waals surface area contributed by atoms with Gasteiger partial charge < -0.3 is 15.0 Å². The highest BCUT2D eigenvalue weighted by Gasteiger charge is 2.25. The standard InChI is InChI=1S/C20H20ClN3O5/c21-18-12-15(24(27)28)6-7-17(18)19(25)22-13-14-8-10-23(11-9-14)20(26)29-16-4-2-1-3-5-16/h1-7,12,14H,8-11,13H2,(H,22,25). The maximum Gasteiger partial charge on any atom is 0.415 e. The quantitative estimate of drug-likeness (QED) is 0.587. The van der Waals surface area contributed by atoms with Crippen LogP contribution in [0.1, 0.15) is 23.2 Å². The predicted octanol–water partition coefficient (Wildman–Crippen LogP) is 3.89. The Morgan fingerprint density at radius 3 is 2.48 bits per heavy atom. The van der Waals surface area contributed by atoms with Crippen molar-refractivity contribution in [1.82, 2.24) is 10.2 Å². The first-order valence-corrected chi connectivity index (χ1v) is 9.56. The summed E-state index contributed by atoms with van der Waals surface area (Å²) in [6.07, 6.45) is 1.09. The van der Waals surface area contributed by atoms with E-state index in [1.165, 1.54) is 12.1 Å². The lowest BCUT2D eigenvalue weighted by Gasteiger charge is -2.31. The van der Waals surface area contributed by atoms with E-state index in [2.05, 4.69) is 5.32 Å². The van der Waals surface area contributed by atoms with Crippen LogP contribution in [-0.2, 0) is 0 Å². The van der Waals surface area contributed by atoms with E-state index in [1.54, 1.807) is 29.2 Å². The van der Waals surface area contributed by atoms with E-state index in [9.17, 15) is 19.7 Å². The van der Waals surface area contributed by atoms with Gasteiger partial charge in [0.15, 0.2) is 0 Å². The average Bonchev–Trinajstić information content (AvgIpc) is 2.73. The molecule has 29 heavy (non-hydrogen) atoms. The van der Waals surface area contributed by atoms with Gasteiger partial charge in [0.25, 0.3) is 11.6 Å². The molecule has 2 aromatic rings. The van der Waals surface area contributed by atoms with Crippen molar-refractivity contribution < 1.29 is 19.2 Å². The summed E-state index contributed by atoms with van der Waals surface area (Å²) in [5.74, 6) is 0.347. The second-order valence-electron chi connectivity index (χ2n) is 6.74. The number of nitro benzene ring substituents is 1. The van der Waals surface area contributed by atoms with E-state index in [-0.39, 0.29) is 34.2 Å². The number of likely N-dealkylation sites (tertiary alicyclic amines) is 1. The first-order chi connectivity index (χ1) is 13.9. The van der Waals surface area contributed by atoms with Crippen molar-refractivity contribution in [3.8, 4) is 5.75 Å². The Balaban J connectivity index is 1.45. The van der Waals surface area contributed by atoms with Gasteiger partial charge in [-0.25, -0.2) is 4.79 Å². The lowest BCUT2D eigenvalue weighted by molar-refractivity contribution is -0.384. The van der Waals surface area contributed by atoms with Crippen LogP contribution in [0.25, 0.3) is 0 Å². The van der Waals surface area contributed by atoms with Gasteiger partial charge in [0.2, 0.25) is 0 Å². The number of ether oxygens (including phenoxy) is 1. The zero-order valence-electron chi connectivity index (χ0n) is 15.5. The lowest BCUT2D eigenvalue weighted by atomic mass is 9.97. The Kier molecular flexibility index (Phi) is 6.66. The molecule has 1 heterocycles. The van der Waals surface area contributed by atoms with Gasteiger partial charge >= 0.3 is 6.09 Å². The molecule has 2 aromatic carbocycles. The van der Waals surface area contributed by atoms with Crippen LogP contribution in [0.3, 0.4) is 0 Å². The van der Waals surface area contributed by atoms with Gasteiger partial charge in [-0.2, -0.15) is 0 Å². The second kappa shape index (κ2) is 9.38. The van der Waals surface area contributed by atoms with E-state index in [0.717, 1.165) is 18.9 Å². The second-order valence-corrected chi connectivity index (χ2v) is 7.15. The maximum absolute atomic E-state index is 12.3. The molecular weight excluding hydrogens is 398 g/mol. The molecule has 1 aliphatic rings. The van der Waals surface area contributed by atoms with Crippen LogP contribution in [0.2, 0.25) is 5.02 Å². The summed E-state index contributed by atoms with van der Waals surface area (Å²) in [5.41, 5.74) is 0.0300. The number of rotatable bonds is 5. The minimum Gasteiger partial charge on any atom is -0.410 e. The van der Waals surface area contributed by atoms with E-state index in [1.807, 2.05) is 6.07 Å². The number of halogens is 1. The minimum atomic E-state index is -0.565. The van der Waals surface area contributed by atoms with Crippen molar-refractivity contribution in [2.24, 2.45) is 5.92 Å². The fourth-order valence-electron chi connectivity index (χ4n) is 3.11. The Morgan fingerprint density at radius 1 is 1.17 bits per heavy atom. The van der Waals surface area contributed by atoms with Crippen molar-refractivity contribution in [2.45, 2.75) is 12.8 Å². The van der Waals surface area contributed by atoms with E-state index >= 15 is 0 Å². The van der Waals surface area contributed by atoms with Crippen molar-refractivity contribution in [1.29, 1.82) is 0 Å². The molecule has 1 saturated heterocycles. The zero-order valence-corrected chi connectivity index (χ0v) is 16.3. The summed E-state index contributed by atoms with van der Waals surface area (Å²) in [6, 6.07) is 12.7. The summed E-state index contributed by atoms with van der Waals surface area (Å²) in [5, 5.41) is 13.6. The van der Waals surface area contributed by atoms with E-state index in [0.29, 0.717) is 25.4 Å².